The minimum Gasteiger partial charge on any atom is -0.382 e. The molecule has 0 bridgehead atoms. The van der Waals surface area contributed by atoms with Gasteiger partial charge in [0.05, 0.1) is 27.4 Å². The van der Waals surface area contributed by atoms with E-state index in [0.717, 1.165) is 5.56 Å². The number of carbonyl (C=O) groups is 1. The molecular weight excluding hydrogens is 457 g/mol. The zero-order valence-electron chi connectivity index (χ0n) is 17.3. The maximum Gasteiger partial charge on any atom is 0.262 e. The number of hydrogen-bond donors (Lipinski definition) is 1. The second-order valence-corrected chi connectivity index (χ2v) is 8.67. The van der Waals surface area contributed by atoms with Crippen molar-refractivity contribution in [1.29, 1.82) is 0 Å². The molecule has 0 aliphatic heterocycles. The molecule has 2 aromatic carbocycles. The third kappa shape index (κ3) is 6.23. The van der Waals surface area contributed by atoms with Crippen molar-refractivity contribution in [3.8, 4) is 0 Å². The van der Waals surface area contributed by atoms with Crippen LogP contribution in [0, 0.1) is 6.92 Å². The number of aryl methyl sites for hydroxylation is 1. The number of aromatic nitrogens is 2. The molecule has 9 heteroatoms. The lowest BCUT2D eigenvalue weighted by molar-refractivity contribution is -0.113. The van der Waals surface area contributed by atoms with Crippen LogP contribution in [0.5, 0.6) is 0 Å². The predicted octanol–water partition coefficient (Wildman–Crippen LogP) is 5.17. The summed E-state index contributed by atoms with van der Waals surface area (Å²) in [6.07, 6.45) is 0.660. The van der Waals surface area contributed by atoms with Crippen LogP contribution in [-0.4, -0.2) is 34.4 Å². The maximum absolute atomic E-state index is 13.0. The van der Waals surface area contributed by atoms with E-state index in [2.05, 4.69) is 10.3 Å². The number of thioether (sulfide) groups is 1. The first-order chi connectivity index (χ1) is 14.9. The Morgan fingerprint density at radius 3 is 2.77 bits per heavy atom. The number of halogens is 2. The average molecular weight is 480 g/mol. The summed E-state index contributed by atoms with van der Waals surface area (Å²) in [4.78, 5) is 30.1. The second-order valence-electron chi connectivity index (χ2n) is 6.88. The molecule has 3 aromatic rings. The highest BCUT2D eigenvalue weighted by atomic mass is 35.5. The fraction of sp³-hybridized carbons (Fsp3) is 0.318. The van der Waals surface area contributed by atoms with Crippen LogP contribution in [0.3, 0.4) is 0 Å². The van der Waals surface area contributed by atoms with Gasteiger partial charge >= 0.3 is 0 Å². The highest BCUT2D eigenvalue weighted by Crippen LogP contribution is 2.24. The Morgan fingerprint density at radius 1 is 1.23 bits per heavy atom. The molecule has 1 heterocycles. The topological polar surface area (TPSA) is 73.2 Å². The Kier molecular flexibility index (Phi) is 8.37. The molecule has 0 radical (unpaired) electrons. The van der Waals surface area contributed by atoms with Crippen molar-refractivity contribution in [1.82, 2.24) is 9.55 Å². The molecule has 6 nitrogen and oxygen atoms in total. The minimum atomic E-state index is -0.239. The Balaban J connectivity index is 1.81. The van der Waals surface area contributed by atoms with Crippen LogP contribution < -0.4 is 10.9 Å². The van der Waals surface area contributed by atoms with Crippen LogP contribution in [0.25, 0.3) is 10.9 Å². The van der Waals surface area contributed by atoms with Crippen LogP contribution >= 0.6 is 35.0 Å². The van der Waals surface area contributed by atoms with Crippen LogP contribution in [0.1, 0.15) is 18.9 Å². The molecule has 164 valence electrons. The highest BCUT2D eigenvalue weighted by Gasteiger charge is 2.14. The molecule has 0 unspecified atom stereocenters. The van der Waals surface area contributed by atoms with Gasteiger partial charge in [0.15, 0.2) is 5.16 Å². The molecule has 0 fully saturated rings. The number of fused-ring (bicyclic) bond motifs is 1. The first kappa shape index (κ1) is 23.6. The van der Waals surface area contributed by atoms with E-state index in [1.54, 1.807) is 34.9 Å². The fourth-order valence-corrected chi connectivity index (χ4v) is 4.26. The molecule has 1 aromatic heterocycles. The number of nitrogens with one attached hydrogen (secondary N) is 1. The van der Waals surface area contributed by atoms with E-state index in [1.165, 1.54) is 11.8 Å². The van der Waals surface area contributed by atoms with Crippen LogP contribution in [0.4, 0.5) is 5.69 Å². The van der Waals surface area contributed by atoms with Crippen LogP contribution in [0.15, 0.2) is 46.3 Å². The van der Waals surface area contributed by atoms with Crippen molar-refractivity contribution in [3.05, 3.63) is 62.4 Å². The summed E-state index contributed by atoms with van der Waals surface area (Å²) in [5.74, 6) is -0.161. The first-order valence-electron chi connectivity index (χ1n) is 9.85. The Bertz CT molecular complexity index is 1150. The molecule has 3 rings (SSSR count). The molecule has 0 aliphatic rings. The van der Waals surface area contributed by atoms with Gasteiger partial charge in [-0.25, -0.2) is 4.98 Å². The minimum absolute atomic E-state index is 0.0776. The van der Waals surface area contributed by atoms with E-state index in [-0.39, 0.29) is 17.2 Å². The van der Waals surface area contributed by atoms with Crippen molar-refractivity contribution >= 4 is 57.5 Å². The van der Waals surface area contributed by atoms with Gasteiger partial charge in [-0.3, -0.25) is 14.2 Å². The number of anilines is 1. The van der Waals surface area contributed by atoms with Gasteiger partial charge in [0, 0.05) is 24.8 Å². The lowest BCUT2D eigenvalue weighted by Gasteiger charge is -2.13. The largest absolute Gasteiger partial charge is 0.382 e. The quantitative estimate of drug-likeness (QED) is 0.260. The second kappa shape index (κ2) is 11.0. The molecule has 0 saturated carbocycles. The number of ether oxygens (including phenoxy) is 1. The number of rotatable bonds is 9. The molecule has 0 aliphatic carbocycles. The normalized spacial score (nSPS) is 11.1. The number of benzene rings is 2. The summed E-state index contributed by atoms with van der Waals surface area (Å²) in [6.45, 7) is 5.45. The number of hydrogen-bond acceptors (Lipinski definition) is 5. The van der Waals surface area contributed by atoms with Crippen molar-refractivity contribution < 1.29 is 9.53 Å². The summed E-state index contributed by atoms with van der Waals surface area (Å²) in [6, 6.07) is 10.4. The van der Waals surface area contributed by atoms with Gasteiger partial charge in [-0.1, -0.05) is 41.0 Å². The zero-order valence-corrected chi connectivity index (χ0v) is 19.6. The number of amides is 1. The monoisotopic (exact) mass is 479 g/mol. The van der Waals surface area contributed by atoms with Crippen LogP contribution in [-0.2, 0) is 16.1 Å². The van der Waals surface area contributed by atoms with Gasteiger partial charge in [-0.15, -0.1) is 0 Å². The smallest absolute Gasteiger partial charge is 0.262 e. The standard InChI is InChI=1S/C22H23Cl2N3O3S/c1-3-30-10-4-9-27-21(29)16-7-6-15(23)12-19(16)26-22(27)31-13-20(28)25-18-8-5-14(2)11-17(18)24/h5-8,11-12H,3-4,9-10,13H2,1-2H3,(H,25,28). The molecule has 0 saturated heterocycles. The third-order valence-electron chi connectivity index (χ3n) is 4.49. The van der Waals surface area contributed by atoms with E-state index in [4.69, 9.17) is 27.9 Å². The first-order valence-corrected chi connectivity index (χ1v) is 11.6. The lowest BCUT2D eigenvalue weighted by atomic mass is 10.2. The molecule has 1 N–H and O–H groups in total. The van der Waals surface area contributed by atoms with E-state index in [9.17, 15) is 9.59 Å². The predicted molar refractivity (Wildman–Crippen MR) is 128 cm³/mol. The molecular formula is C22H23Cl2N3O3S. The summed E-state index contributed by atoms with van der Waals surface area (Å²) >= 11 is 13.5. The highest BCUT2D eigenvalue weighted by molar-refractivity contribution is 7.99. The zero-order chi connectivity index (χ0) is 22.4. The summed E-state index contributed by atoms with van der Waals surface area (Å²) in [5, 5.41) is 4.72. The van der Waals surface area contributed by atoms with E-state index >= 15 is 0 Å². The van der Waals surface area contributed by atoms with Crippen LogP contribution in [0.2, 0.25) is 10.0 Å². The molecule has 1 amide bonds. The number of carbonyl (C=O) groups excluding carboxylic acids is 1. The summed E-state index contributed by atoms with van der Waals surface area (Å²) in [7, 11) is 0. The summed E-state index contributed by atoms with van der Waals surface area (Å²) < 4.78 is 6.98. The Labute approximate surface area is 194 Å². The van der Waals surface area contributed by atoms with Gasteiger partial charge in [-0.05, 0) is 56.2 Å². The van der Waals surface area contributed by atoms with E-state index < -0.39 is 0 Å². The fourth-order valence-electron chi connectivity index (χ4n) is 2.99. The Morgan fingerprint density at radius 2 is 2.03 bits per heavy atom. The molecule has 0 atom stereocenters. The average Bonchev–Trinajstić information content (AvgIpc) is 2.73. The SMILES string of the molecule is CCOCCCn1c(SCC(=O)Nc2ccc(C)cc2Cl)nc2cc(Cl)ccc2c1=O. The van der Waals surface area contributed by atoms with Crippen molar-refractivity contribution in [2.45, 2.75) is 32.0 Å². The lowest BCUT2D eigenvalue weighted by Crippen LogP contribution is -2.25. The van der Waals surface area contributed by atoms with E-state index in [0.29, 0.717) is 58.0 Å². The third-order valence-corrected chi connectivity index (χ3v) is 6.01. The van der Waals surface area contributed by atoms with Gasteiger partial charge < -0.3 is 10.1 Å². The van der Waals surface area contributed by atoms with Crippen molar-refractivity contribution in [2.75, 3.05) is 24.3 Å². The van der Waals surface area contributed by atoms with Gasteiger partial charge in [0.25, 0.3) is 5.56 Å². The maximum atomic E-state index is 13.0. The van der Waals surface area contributed by atoms with Crippen molar-refractivity contribution in [3.63, 3.8) is 0 Å². The molecule has 0 spiro atoms. The molecule has 31 heavy (non-hydrogen) atoms. The van der Waals surface area contributed by atoms with Gasteiger partial charge in [0.1, 0.15) is 0 Å². The number of nitrogens with zero attached hydrogens (tertiary/aromatic N) is 2. The summed E-state index contributed by atoms with van der Waals surface area (Å²) in [5.41, 5.74) is 1.89. The van der Waals surface area contributed by atoms with Gasteiger partial charge in [0.2, 0.25) is 5.91 Å². The van der Waals surface area contributed by atoms with E-state index in [1.807, 2.05) is 19.9 Å². The van der Waals surface area contributed by atoms with Gasteiger partial charge in [-0.2, -0.15) is 0 Å². The Hall–Kier alpha value is -2.06. The van der Waals surface area contributed by atoms with Crippen molar-refractivity contribution in [2.24, 2.45) is 0 Å².